The van der Waals surface area contributed by atoms with Crippen molar-refractivity contribution in [2.75, 3.05) is 14.2 Å². The molecule has 6 nitrogen and oxygen atoms in total. The molecule has 0 saturated heterocycles. The van der Waals surface area contributed by atoms with E-state index in [1.165, 1.54) is 24.8 Å². The third kappa shape index (κ3) is 1.83. The van der Waals surface area contributed by atoms with Gasteiger partial charge in [-0.15, -0.1) is 0 Å². The minimum absolute atomic E-state index is 0.240. The number of hydrogen-bond acceptors (Lipinski definition) is 6. The highest BCUT2D eigenvalue weighted by Gasteiger charge is 2.14. The minimum atomic E-state index is -0.485. The van der Waals surface area contributed by atoms with Crippen LogP contribution in [0.4, 0.5) is 0 Å². The molecule has 0 atom stereocenters. The van der Waals surface area contributed by atoms with Gasteiger partial charge < -0.3 is 9.47 Å². The van der Waals surface area contributed by atoms with Crippen LogP contribution < -0.4 is 10.3 Å². The molecule has 0 fully saturated rings. The molecule has 3 rings (SSSR count). The number of benzene rings is 1. The van der Waals surface area contributed by atoms with Crippen molar-refractivity contribution in [3.63, 3.8) is 0 Å². The second-order valence-electron chi connectivity index (χ2n) is 4.04. The van der Waals surface area contributed by atoms with Crippen LogP contribution >= 0.6 is 11.3 Å². The fraction of sp³-hybridized carbons (Fsp3) is 0.154. The van der Waals surface area contributed by atoms with Crippen molar-refractivity contribution >= 4 is 33.2 Å². The Morgan fingerprint density at radius 1 is 1.35 bits per heavy atom. The van der Waals surface area contributed by atoms with Crippen molar-refractivity contribution in [2.24, 2.45) is 0 Å². The Kier molecular flexibility index (Phi) is 2.90. The molecule has 102 valence electrons. The Bertz CT molecular complexity index is 881. The van der Waals surface area contributed by atoms with Gasteiger partial charge in [-0.1, -0.05) is 11.3 Å². The van der Waals surface area contributed by atoms with Gasteiger partial charge in [-0.25, -0.2) is 9.78 Å². The zero-order valence-corrected chi connectivity index (χ0v) is 11.6. The molecule has 20 heavy (non-hydrogen) atoms. The van der Waals surface area contributed by atoms with Crippen LogP contribution in [0.25, 0.3) is 15.9 Å². The number of thiazole rings is 1. The number of carbonyl (C=O) groups excluding carboxylic acids is 1. The van der Waals surface area contributed by atoms with Crippen molar-refractivity contribution in [3.05, 3.63) is 39.6 Å². The van der Waals surface area contributed by atoms with Crippen LogP contribution in [0.3, 0.4) is 0 Å². The van der Waals surface area contributed by atoms with E-state index in [-0.39, 0.29) is 5.56 Å². The van der Waals surface area contributed by atoms with E-state index in [9.17, 15) is 9.59 Å². The molecule has 2 heterocycles. The highest BCUT2D eigenvalue weighted by Crippen LogP contribution is 2.21. The van der Waals surface area contributed by atoms with E-state index in [2.05, 4.69) is 9.72 Å². The summed E-state index contributed by atoms with van der Waals surface area (Å²) in [4.78, 5) is 29.1. The minimum Gasteiger partial charge on any atom is -0.497 e. The van der Waals surface area contributed by atoms with E-state index in [1.54, 1.807) is 18.2 Å². The Balaban J connectivity index is 2.35. The molecule has 0 spiro atoms. The van der Waals surface area contributed by atoms with Gasteiger partial charge in [0.05, 0.1) is 25.1 Å². The first-order valence-corrected chi connectivity index (χ1v) is 6.54. The van der Waals surface area contributed by atoms with Crippen LogP contribution in [0.2, 0.25) is 0 Å². The maximum atomic E-state index is 12.4. The van der Waals surface area contributed by atoms with Crippen molar-refractivity contribution in [1.29, 1.82) is 0 Å². The summed E-state index contributed by atoms with van der Waals surface area (Å²) in [5.41, 5.74) is 0.323. The van der Waals surface area contributed by atoms with Crippen molar-refractivity contribution in [1.82, 2.24) is 9.38 Å². The maximum Gasteiger partial charge on any atom is 0.349 e. The predicted molar refractivity (Wildman–Crippen MR) is 74.7 cm³/mol. The lowest BCUT2D eigenvalue weighted by Gasteiger charge is -2.01. The number of hydrogen-bond donors (Lipinski definition) is 0. The normalized spacial score (nSPS) is 10.9. The summed E-state index contributed by atoms with van der Waals surface area (Å²) >= 11 is 1.11. The van der Waals surface area contributed by atoms with E-state index >= 15 is 0 Å². The summed E-state index contributed by atoms with van der Waals surface area (Å²) in [6.45, 7) is 0. The first-order valence-electron chi connectivity index (χ1n) is 5.72. The smallest absolute Gasteiger partial charge is 0.349 e. The van der Waals surface area contributed by atoms with Crippen LogP contribution in [0, 0.1) is 0 Å². The summed E-state index contributed by atoms with van der Waals surface area (Å²) in [6, 6.07) is 5.08. The highest BCUT2D eigenvalue weighted by atomic mass is 32.1. The Labute approximate surface area is 117 Å². The van der Waals surface area contributed by atoms with E-state index in [4.69, 9.17) is 4.74 Å². The van der Waals surface area contributed by atoms with Crippen molar-refractivity contribution < 1.29 is 14.3 Å². The summed E-state index contributed by atoms with van der Waals surface area (Å²) in [6.07, 6.45) is 1.44. The van der Waals surface area contributed by atoms with Crippen molar-refractivity contribution in [2.45, 2.75) is 0 Å². The van der Waals surface area contributed by atoms with Crippen LogP contribution in [-0.2, 0) is 4.74 Å². The number of rotatable bonds is 2. The number of esters is 1. The van der Waals surface area contributed by atoms with Gasteiger partial charge in [0.25, 0.3) is 5.56 Å². The molecule has 0 radical (unpaired) electrons. The summed E-state index contributed by atoms with van der Waals surface area (Å²) in [5, 5.41) is 0.441. The molecule has 2 aromatic heterocycles. The van der Waals surface area contributed by atoms with E-state index in [0.717, 1.165) is 11.3 Å². The van der Waals surface area contributed by atoms with Gasteiger partial charge in [0.2, 0.25) is 0 Å². The average Bonchev–Trinajstić information content (AvgIpc) is 2.90. The number of aromatic nitrogens is 2. The quantitative estimate of drug-likeness (QED) is 0.672. The Morgan fingerprint density at radius 2 is 2.15 bits per heavy atom. The maximum absolute atomic E-state index is 12.4. The number of fused-ring (bicyclic) bond motifs is 2. The van der Waals surface area contributed by atoms with Gasteiger partial charge in [0.1, 0.15) is 10.6 Å². The summed E-state index contributed by atoms with van der Waals surface area (Å²) in [5.74, 6) is 0.0984. The molecule has 0 saturated carbocycles. The monoisotopic (exact) mass is 290 g/mol. The largest absolute Gasteiger partial charge is 0.497 e. The summed E-state index contributed by atoms with van der Waals surface area (Å²) < 4.78 is 11.1. The zero-order chi connectivity index (χ0) is 14.3. The fourth-order valence-corrected chi connectivity index (χ4v) is 2.81. The van der Waals surface area contributed by atoms with Gasteiger partial charge >= 0.3 is 5.97 Å². The van der Waals surface area contributed by atoms with Gasteiger partial charge in [0.15, 0.2) is 4.96 Å². The van der Waals surface area contributed by atoms with E-state index in [0.29, 0.717) is 26.5 Å². The number of ether oxygens (including phenoxy) is 2. The molecule has 3 aromatic rings. The predicted octanol–water partition coefficient (Wildman–Crippen LogP) is 1.70. The molecule has 0 bridgehead atoms. The Morgan fingerprint density at radius 3 is 2.85 bits per heavy atom. The molecule has 0 aliphatic carbocycles. The molecule has 0 aliphatic heterocycles. The SMILES string of the molecule is COC(=O)c1cn2c(=O)c3cc(OC)ccc3nc2s1. The molecular weight excluding hydrogens is 280 g/mol. The first-order chi connectivity index (χ1) is 9.63. The van der Waals surface area contributed by atoms with Gasteiger partial charge in [-0.05, 0) is 18.2 Å². The molecule has 0 unspecified atom stereocenters. The van der Waals surface area contributed by atoms with E-state index in [1.807, 2.05) is 0 Å². The van der Waals surface area contributed by atoms with Crippen LogP contribution in [0.15, 0.2) is 29.2 Å². The Hall–Kier alpha value is -2.41. The van der Waals surface area contributed by atoms with Gasteiger partial charge in [-0.2, -0.15) is 0 Å². The van der Waals surface area contributed by atoms with E-state index < -0.39 is 5.97 Å². The molecule has 7 heteroatoms. The third-order valence-electron chi connectivity index (χ3n) is 2.91. The fourth-order valence-electron chi connectivity index (χ4n) is 1.91. The van der Waals surface area contributed by atoms with Crippen molar-refractivity contribution in [3.8, 4) is 5.75 Å². The molecular formula is C13H10N2O4S. The van der Waals surface area contributed by atoms with Crippen LogP contribution in [0.1, 0.15) is 9.67 Å². The molecule has 0 amide bonds. The lowest BCUT2D eigenvalue weighted by molar-refractivity contribution is 0.0606. The number of carbonyl (C=O) groups is 1. The van der Waals surface area contributed by atoms with Gasteiger partial charge in [-0.3, -0.25) is 9.20 Å². The van der Waals surface area contributed by atoms with Gasteiger partial charge in [0, 0.05) is 6.20 Å². The first kappa shape index (κ1) is 12.6. The lowest BCUT2D eigenvalue weighted by Crippen LogP contribution is -2.13. The topological polar surface area (TPSA) is 69.9 Å². The average molecular weight is 290 g/mol. The molecule has 0 aliphatic rings. The molecule has 1 aromatic carbocycles. The standard InChI is InChI=1S/C13H10N2O4S/c1-18-7-3-4-9-8(5-7)11(16)15-6-10(12(17)19-2)20-13(15)14-9/h3-6H,1-2H3. The number of methoxy groups -OCH3 is 2. The second-order valence-corrected chi connectivity index (χ2v) is 5.05. The van der Waals surface area contributed by atoms with Crippen LogP contribution in [-0.4, -0.2) is 29.6 Å². The zero-order valence-electron chi connectivity index (χ0n) is 10.7. The lowest BCUT2D eigenvalue weighted by atomic mass is 10.2. The van der Waals surface area contributed by atoms with Crippen LogP contribution in [0.5, 0.6) is 5.75 Å². The number of nitrogens with zero attached hydrogens (tertiary/aromatic N) is 2. The third-order valence-corrected chi connectivity index (χ3v) is 3.87. The second kappa shape index (κ2) is 4.61. The summed E-state index contributed by atoms with van der Waals surface area (Å²) in [7, 11) is 2.83. The highest BCUT2D eigenvalue weighted by molar-refractivity contribution is 7.18. The molecule has 0 N–H and O–H groups in total.